The first kappa shape index (κ1) is 16.1. The molecular weight excluding hydrogens is 344 g/mol. The quantitative estimate of drug-likeness (QED) is 0.788. The number of nitrogens with zero attached hydrogens (tertiary/aromatic N) is 3. The van der Waals surface area contributed by atoms with Crippen LogP contribution in [0.4, 0.5) is 19.3 Å². The molecule has 0 radical (unpaired) electrons. The van der Waals surface area contributed by atoms with E-state index in [9.17, 15) is 13.6 Å². The Morgan fingerprint density at radius 2 is 2.17 bits per heavy atom. The van der Waals surface area contributed by atoms with Gasteiger partial charge < -0.3 is 20.3 Å². The van der Waals surface area contributed by atoms with Crippen LogP contribution >= 0.6 is 12.2 Å². The molecule has 0 spiro atoms. The number of ether oxygens (including phenoxy) is 1. The van der Waals surface area contributed by atoms with Crippen LogP contribution in [0.3, 0.4) is 0 Å². The number of hydrogen-bond acceptors (Lipinski definition) is 6. The van der Waals surface area contributed by atoms with Gasteiger partial charge in [-0.25, -0.2) is 13.6 Å². The molecule has 0 bridgehead atoms. The average molecular weight is 355 g/mol. The van der Waals surface area contributed by atoms with Crippen molar-refractivity contribution in [1.82, 2.24) is 15.5 Å². The minimum atomic E-state index is -0.938. The summed E-state index contributed by atoms with van der Waals surface area (Å²) in [6, 6.07) is 1.99. The molecule has 1 fully saturated rings. The summed E-state index contributed by atoms with van der Waals surface area (Å²) in [4.78, 5) is 16.6. The number of carbonyl (C=O) groups is 1. The second-order valence-electron chi connectivity index (χ2n) is 4.89. The Balaban J connectivity index is 1.83. The highest BCUT2D eigenvalue weighted by molar-refractivity contribution is 7.80. The first-order chi connectivity index (χ1) is 11.5. The van der Waals surface area contributed by atoms with Gasteiger partial charge in [0.1, 0.15) is 23.3 Å². The zero-order chi connectivity index (χ0) is 17.3. The van der Waals surface area contributed by atoms with E-state index in [2.05, 4.69) is 32.2 Å². The standard InChI is InChI=1S/C13H11F2N5O3S/c14-8-1-6(2-9(15)10(8)11-18-5-19-23-11)20-4-7(22-13(20)21)3-17-12(16)24/h1-2,5,7H,3-4H2,(H3,16,17,24). The van der Waals surface area contributed by atoms with Crippen LogP contribution in [0.15, 0.2) is 23.0 Å². The largest absolute Gasteiger partial charge is 0.442 e. The molecule has 0 saturated carbocycles. The Bertz CT molecular complexity index is 763. The molecule has 126 valence electrons. The molecule has 1 saturated heterocycles. The van der Waals surface area contributed by atoms with Crippen LogP contribution in [-0.2, 0) is 4.74 Å². The highest BCUT2D eigenvalue weighted by Crippen LogP contribution is 2.30. The Hall–Kier alpha value is -2.82. The van der Waals surface area contributed by atoms with Gasteiger partial charge in [0.25, 0.3) is 5.89 Å². The van der Waals surface area contributed by atoms with Gasteiger partial charge in [-0.05, 0) is 24.4 Å². The van der Waals surface area contributed by atoms with Crippen molar-refractivity contribution in [2.24, 2.45) is 5.73 Å². The van der Waals surface area contributed by atoms with Crippen LogP contribution in [0.25, 0.3) is 11.5 Å². The molecule has 1 atom stereocenters. The predicted molar refractivity (Wildman–Crippen MR) is 82.1 cm³/mol. The normalized spacial score (nSPS) is 17.0. The van der Waals surface area contributed by atoms with E-state index in [0.717, 1.165) is 23.4 Å². The first-order valence-electron chi connectivity index (χ1n) is 6.73. The first-order valence-corrected chi connectivity index (χ1v) is 7.14. The molecule has 24 heavy (non-hydrogen) atoms. The molecule has 1 amide bonds. The Kier molecular flexibility index (Phi) is 4.25. The maximum atomic E-state index is 14.2. The number of nitrogens with two attached hydrogens (primary N) is 1. The maximum Gasteiger partial charge on any atom is 0.414 e. The highest BCUT2D eigenvalue weighted by atomic mass is 32.1. The number of halogens is 2. The van der Waals surface area contributed by atoms with Gasteiger partial charge in [0.15, 0.2) is 11.4 Å². The Morgan fingerprint density at radius 3 is 2.75 bits per heavy atom. The van der Waals surface area contributed by atoms with Gasteiger partial charge in [0.05, 0.1) is 18.8 Å². The van der Waals surface area contributed by atoms with Crippen molar-refractivity contribution in [2.75, 3.05) is 18.0 Å². The molecule has 2 heterocycles. The molecule has 8 nitrogen and oxygen atoms in total. The number of nitrogens with one attached hydrogen (secondary N) is 1. The monoisotopic (exact) mass is 355 g/mol. The SMILES string of the molecule is NC(=S)NCC1CN(c2cc(F)c(-c3ncno3)c(F)c2)C(=O)O1. The average Bonchev–Trinajstić information content (AvgIpc) is 3.14. The molecule has 1 aliphatic rings. The Morgan fingerprint density at radius 1 is 1.46 bits per heavy atom. The van der Waals surface area contributed by atoms with Crippen LogP contribution in [0.2, 0.25) is 0 Å². The Labute approximate surface area is 139 Å². The van der Waals surface area contributed by atoms with E-state index in [4.69, 9.17) is 10.5 Å². The predicted octanol–water partition coefficient (Wildman–Crippen LogP) is 1.17. The zero-order valence-corrected chi connectivity index (χ0v) is 12.8. The van der Waals surface area contributed by atoms with E-state index in [0.29, 0.717) is 0 Å². The number of thiocarbonyl (C=S) groups is 1. The lowest BCUT2D eigenvalue weighted by molar-refractivity contribution is 0.143. The fourth-order valence-electron chi connectivity index (χ4n) is 2.26. The van der Waals surface area contributed by atoms with Crippen LogP contribution in [-0.4, -0.2) is 40.5 Å². The molecule has 3 N–H and O–H groups in total. The van der Waals surface area contributed by atoms with Crippen molar-refractivity contribution in [3.63, 3.8) is 0 Å². The number of hydrogen-bond donors (Lipinski definition) is 2. The van der Waals surface area contributed by atoms with Crippen LogP contribution in [0, 0.1) is 11.6 Å². The summed E-state index contributed by atoms with van der Waals surface area (Å²) < 4.78 is 38.2. The molecule has 1 aromatic carbocycles. The molecular formula is C13H11F2N5O3S. The third kappa shape index (κ3) is 3.11. The smallest absolute Gasteiger partial charge is 0.414 e. The number of rotatable bonds is 4. The summed E-state index contributed by atoms with van der Waals surface area (Å²) in [5.41, 5.74) is 4.85. The summed E-state index contributed by atoms with van der Waals surface area (Å²) in [6.45, 7) is 0.288. The molecule has 1 aliphatic heterocycles. The summed E-state index contributed by atoms with van der Waals surface area (Å²) in [5.74, 6) is -2.17. The molecule has 1 aromatic heterocycles. The van der Waals surface area contributed by atoms with E-state index in [1.165, 1.54) is 0 Å². The van der Waals surface area contributed by atoms with Crippen molar-refractivity contribution in [1.29, 1.82) is 0 Å². The van der Waals surface area contributed by atoms with Gasteiger partial charge in [-0.15, -0.1) is 0 Å². The molecule has 0 aliphatic carbocycles. The van der Waals surface area contributed by atoms with Crippen molar-refractivity contribution in [3.05, 3.63) is 30.1 Å². The number of benzene rings is 1. The number of carbonyl (C=O) groups excluding carboxylic acids is 1. The summed E-state index contributed by atoms with van der Waals surface area (Å²) in [7, 11) is 0. The van der Waals surface area contributed by atoms with Crippen LogP contribution in [0.5, 0.6) is 0 Å². The van der Waals surface area contributed by atoms with Gasteiger partial charge in [-0.2, -0.15) is 4.98 Å². The van der Waals surface area contributed by atoms with Crippen molar-refractivity contribution < 1.29 is 22.8 Å². The number of amides is 1. The maximum absolute atomic E-state index is 14.2. The minimum absolute atomic E-state index is 0.0103. The van der Waals surface area contributed by atoms with E-state index in [1.54, 1.807) is 0 Å². The molecule has 11 heteroatoms. The van der Waals surface area contributed by atoms with E-state index in [1.807, 2.05) is 0 Å². The lowest BCUT2D eigenvalue weighted by Gasteiger charge is -2.14. The van der Waals surface area contributed by atoms with Gasteiger partial charge in [-0.3, -0.25) is 4.90 Å². The topological polar surface area (TPSA) is 107 Å². The zero-order valence-electron chi connectivity index (χ0n) is 12.0. The lowest BCUT2D eigenvalue weighted by atomic mass is 10.1. The summed E-state index contributed by atoms with van der Waals surface area (Å²) in [5, 5.41) is 6.03. The van der Waals surface area contributed by atoms with Gasteiger partial charge >= 0.3 is 6.09 Å². The van der Waals surface area contributed by atoms with Crippen LogP contribution in [0.1, 0.15) is 0 Å². The fourth-order valence-corrected chi connectivity index (χ4v) is 2.34. The number of aromatic nitrogens is 2. The van der Waals surface area contributed by atoms with E-state index >= 15 is 0 Å². The van der Waals surface area contributed by atoms with Gasteiger partial charge in [-0.1, -0.05) is 5.16 Å². The second kappa shape index (κ2) is 6.35. The highest BCUT2D eigenvalue weighted by Gasteiger charge is 2.33. The number of cyclic esters (lactones) is 1. The van der Waals surface area contributed by atoms with Crippen molar-refractivity contribution in [3.8, 4) is 11.5 Å². The molecule has 1 unspecified atom stereocenters. The lowest BCUT2D eigenvalue weighted by Crippen LogP contribution is -2.37. The van der Waals surface area contributed by atoms with Crippen molar-refractivity contribution in [2.45, 2.75) is 6.10 Å². The molecule has 3 rings (SSSR count). The molecule has 2 aromatic rings. The van der Waals surface area contributed by atoms with E-state index in [-0.39, 0.29) is 29.8 Å². The van der Waals surface area contributed by atoms with Crippen molar-refractivity contribution >= 4 is 29.1 Å². The fraction of sp³-hybridized carbons (Fsp3) is 0.231. The van der Waals surface area contributed by atoms with Crippen LogP contribution < -0.4 is 16.0 Å². The summed E-state index contributed by atoms with van der Waals surface area (Å²) >= 11 is 4.66. The van der Waals surface area contributed by atoms with E-state index < -0.39 is 29.4 Å². The summed E-state index contributed by atoms with van der Waals surface area (Å²) in [6.07, 6.45) is -0.255. The third-order valence-corrected chi connectivity index (χ3v) is 3.44. The second-order valence-corrected chi connectivity index (χ2v) is 5.33. The number of anilines is 1. The minimum Gasteiger partial charge on any atom is -0.442 e. The van der Waals surface area contributed by atoms with Gasteiger partial charge in [0, 0.05) is 0 Å². The van der Waals surface area contributed by atoms with Gasteiger partial charge in [0.2, 0.25) is 0 Å². The third-order valence-electron chi connectivity index (χ3n) is 3.29.